The van der Waals surface area contributed by atoms with Crippen molar-refractivity contribution in [2.24, 2.45) is 0 Å². The summed E-state index contributed by atoms with van der Waals surface area (Å²) >= 11 is 0. The highest BCUT2D eigenvalue weighted by Crippen LogP contribution is 2.39. The van der Waals surface area contributed by atoms with Gasteiger partial charge in [-0.3, -0.25) is 29.8 Å². The van der Waals surface area contributed by atoms with Crippen LogP contribution in [0.15, 0.2) is 72.8 Å². The molecule has 2 atom stereocenters. The van der Waals surface area contributed by atoms with Crippen molar-refractivity contribution >= 4 is 23.2 Å². The minimum absolute atomic E-state index is 0.00560. The van der Waals surface area contributed by atoms with Gasteiger partial charge in [0.15, 0.2) is 23.0 Å². The van der Waals surface area contributed by atoms with Crippen molar-refractivity contribution < 1.29 is 48.6 Å². The zero-order valence-electron chi connectivity index (χ0n) is 30.2. The van der Waals surface area contributed by atoms with E-state index < -0.39 is 45.1 Å². The molecule has 2 amide bonds. The van der Waals surface area contributed by atoms with Gasteiger partial charge in [-0.1, -0.05) is 48.5 Å². The zero-order chi connectivity index (χ0) is 39.2. The Kier molecular flexibility index (Phi) is 11.8. The van der Waals surface area contributed by atoms with Crippen LogP contribution in [0.4, 0.5) is 11.4 Å². The number of amides is 2. The van der Waals surface area contributed by atoms with Crippen molar-refractivity contribution in [2.45, 2.75) is 44.4 Å². The maximum absolute atomic E-state index is 13.8. The molecule has 55 heavy (non-hydrogen) atoms. The number of nitro groups is 2. The Balaban J connectivity index is 1.14. The number of ether oxygens (including phenoxy) is 4. The highest BCUT2D eigenvalue weighted by molar-refractivity contribution is 6.00. The standard InChI is InChI=1S/C39H40N4O12/c1-52-34-16-30(38(46)40-20-26-10-5-3-8-24(26)14-28(40)22-44)32(42(48)49)18-36(34)54-12-7-13-55-37-19-33(43(50)51)31(17-35(37)53-2)39(47)41-21-27-11-6-4-9-25(27)15-29(41)23-45/h3-6,8-11,16-19,28-29,44-45H,7,12-15,20-23H2,1-2H3. The molecule has 0 saturated heterocycles. The largest absolute Gasteiger partial charge is 0.493 e. The average molecular weight is 757 g/mol. The van der Waals surface area contributed by atoms with E-state index in [4.69, 9.17) is 18.9 Å². The molecule has 0 spiro atoms. The molecule has 16 heteroatoms. The third kappa shape index (κ3) is 8.00. The second-order valence-corrected chi connectivity index (χ2v) is 13.1. The second kappa shape index (κ2) is 16.8. The molecule has 6 rings (SSSR count). The predicted octanol–water partition coefficient (Wildman–Crippen LogP) is 4.49. The number of hydrogen-bond acceptors (Lipinski definition) is 12. The number of aliphatic hydroxyl groups excluding tert-OH is 2. The zero-order valence-corrected chi connectivity index (χ0v) is 30.2. The fraction of sp³-hybridized carbons (Fsp3) is 0.333. The summed E-state index contributed by atoms with van der Waals surface area (Å²) in [5.41, 5.74) is 2.31. The number of rotatable bonds is 14. The maximum atomic E-state index is 13.8. The van der Waals surface area contributed by atoms with Gasteiger partial charge in [0, 0.05) is 31.6 Å². The maximum Gasteiger partial charge on any atom is 0.286 e. The van der Waals surface area contributed by atoms with Crippen molar-refractivity contribution in [3.05, 3.63) is 126 Å². The number of methoxy groups -OCH3 is 2. The summed E-state index contributed by atoms with van der Waals surface area (Å²) in [6, 6.07) is 18.6. The molecule has 4 aromatic rings. The first-order chi connectivity index (χ1) is 26.6. The molecule has 2 heterocycles. The van der Waals surface area contributed by atoms with Crippen LogP contribution >= 0.6 is 0 Å². The number of carbonyl (C=O) groups is 2. The van der Waals surface area contributed by atoms with Crippen LogP contribution in [-0.4, -0.2) is 94.4 Å². The Bertz CT molecular complexity index is 1960. The molecular weight excluding hydrogens is 716 g/mol. The van der Waals surface area contributed by atoms with E-state index in [1.165, 1.54) is 36.2 Å². The fourth-order valence-electron chi connectivity index (χ4n) is 7.00. The summed E-state index contributed by atoms with van der Waals surface area (Å²) in [6.07, 6.45) is 0.992. The van der Waals surface area contributed by atoms with E-state index in [1.807, 2.05) is 48.5 Å². The Hall–Kier alpha value is -6.26. The van der Waals surface area contributed by atoms with E-state index in [1.54, 1.807) is 0 Å². The molecule has 0 aliphatic carbocycles. The Morgan fingerprint density at radius 3 is 1.38 bits per heavy atom. The monoisotopic (exact) mass is 756 g/mol. The van der Waals surface area contributed by atoms with Crippen molar-refractivity contribution in [3.8, 4) is 23.0 Å². The fourth-order valence-corrected chi connectivity index (χ4v) is 7.00. The van der Waals surface area contributed by atoms with E-state index in [0.29, 0.717) is 12.8 Å². The molecule has 0 bridgehead atoms. The molecule has 0 fully saturated rings. The molecule has 288 valence electrons. The smallest absolute Gasteiger partial charge is 0.286 e. The van der Waals surface area contributed by atoms with Gasteiger partial charge in [0.1, 0.15) is 11.1 Å². The van der Waals surface area contributed by atoms with Crippen LogP contribution < -0.4 is 18.9 Å². The molecule has 2 N–H and O–H groups in total. The topological polar surface area (TPSA) is 204 Å². The van der Waals surface area contributed by atoms with E-state index >= 15 is 0 Å². The number of nitro benzene ring substituents is 2. The molecule has 16 nitrogen and oxygen atoms in total. The van der Waals surface area contributed by atoms with Crippen LogP contribution in [0.1, 0.15) is 49.4 Å². The summed E-state index contributed by atoms with van der Waals surface area (Å²) in [5.74, 6) is -1.11. The minimum atomic E-state index is -0.684. The lowest BCUT2D eigenvalue weighted by Gasteiger charge is -2.36. The van der Waals surface area contributed by atoms with Crippen molar-refractivity contribution in [2.75, 3.05) is 40.6 Å². The number of carbonyl (C=O) groups excluding carboxylic acids is 2. The van der Waals surface area contributed by atoms with Gasteiger partial charge in [0.05, 0.1) is 74.7 Å². The third-order valence-corrected chi connectivity index (χ3v) is 9.88. The third-order valence-electron chi connectivity index (χ3n) is 9.88. The highest BCUT2D eigenvalue weighted by Gasteiger charge is 2.36. The summed E-state index contributed by atoms with van der Waals surface area (Å²) in [5, 5.41) is 44.5. The van der Waals surface area contributed by atoms with Crippen LogP contribution in [-0.2, 0) is 25.9 Å². The lowest BCUT2D eigenvalue weighted by molar-refractivity contribution is -0.385. The minimum Gasteiger partial charge on any atom is -0.493 e. The lowest BCUT2D eigenvalue weighted by atomic mass is 9.93. The average Bonchev–Trinajstić information content (AvgIpc) is 3.21. The number of hydrogen-bond donors (Lipinski definition) is 2. The Labute approximate surface area is 315 Å². The second-order valence-electron chi connectivity index (χ2n) is 13.1. The van der Waals surface area contributed by atoms with E-state index in [9.17, 15) is 40.0 Å². The molecule has 2 unspecified atom stereocenters. The predicted molar refractivity (Wildman–Crippen MR) is 197 cm³/mol. The molecule has 0 saturated carbocycles. The summed E-state index contributed by atoms with van der Waals surface area (Å²) < 4.78 is 22.5. The normalized spacial score (nSPS) is 16.1. The first-order valence-electron chi connectivity index (χ1n) is 17.5. The van der Waals surface area contributed by atoms with Gasteiger partial charge in [-0.2, -0.15) is 0 Å². The van der Waals surface area contributed by atoms with Gasteiger partial charge in [-0.05, 0) is 35.1 Å². The van der Waals surface area contributed by atoms with Crippen LogP contribution in [0.5, 0.6) is 23.0 Å². The van der Waals surface area contributed by atoms with Crippen LogP contribution in [0.25, 0.3) is 0 Å². The van der Waals surface area contributed by atoms with Crippen LogP contribution in [0.2, 0.25) is 0 Å². The first kappa shape index (κ1) is 38.5. The van der Waals surface area contributed by atoms with Gasteiger partial charge >= 0.3 is 0 Å². The SMILES string of the molecule is COc1cc(C(=O)N2Cc3ccccc3CC2CO)c([N+](=O)[O-])cc1OCCCOc1cc([N+](=O)[O-])c(C(=O)N2Cc3ccccc3CC2CO)cc1OC. The number of fused-ring (bicyclic) bond motifs is 2. The molecular formula is C39H40N4O12. The molecule has 2 aliphatic heterocycles. The van der Waals surface area contributed by atoms with Crippen molar-refractivity contribution in [3.63, 3.8) is 0 Å². The number of nitrogens with zero attached hydrogens (tertiary/aromatic N) is 4. The first-order valence-corrected chi connectivity index (χ1v) is 17.5. The highest BCUT2D eigenvalue weighted by atomic mass is 16.6. The summed E-state index contributed by atoms with van der Waals surface area (Å²) in [6.45, 7) is -0.374. The van der Waals surface area contributed by atoms with Gasteiger partial charge < -0.3 is 39.0 Å². The van der Waals surface area contributed by atoms with Crippen LogP contribution in [0.3, 0.4) is 0 Å². The lowest BCUT2D eigenvalue weighted by Crippen LogP contribution is -2.46. The molecule has 0 radical (unpaired) electrons. The Morgan fingerprint density at radius 2 is 1.04 bits per heavy atom. The molecule has 0 aromatic heterocycles. The molecule has 2 aliphatic rings. The quantitative estimate of drug-likeness (QED) is 0.104. The van der Waals surface area contributed by atoms with Crippen molar-refractivity contribution in [1.29, 1.82) is 0 Å². The number of aliphatic hydroxyl groups is 2. The summed E-state index contributed by atoms with van der Waals surface area (Å²) in [7, 11) is 2.67. The van der Waals surface area contributed by atoms with E-state index in [-0.39, 0.29) is 80.1 Å². The van der Waals surface area contributed by atoms with Gasteiger partial charge in [0.25, 0.3) is 23.2 Å². The van der Waals surface area contributed by atoms with E-state index in [2.05, 4.69) is 0 Å². The Morgan fingerprint density at radius 1 is 0.655 bits per heavy atom. The van der Waals surface area contributed by atoms with Gasteiger partial charge in [-0.25, -0.2) is 0 Å². The molecule has 4 aromatic carbocycles. The van der Waals surface area contributed by atoms with Gasteiger partial charge in [0.2, 0.25) is 0 Å². The summed E-state index contributed by atoms with van der Waals surface area (Å²) in [4.78, 5) is 53.4. The van der Waals surface area contributed by atoms with E-state index in [0.717, 1.165) is 34.4 Å². The number of benzene rings is 4. The van der Waals surface area contributed by atoms with Crippen LogP contribution in [0, 0.1) is 20.2 Å². The van der Waals surface area contributed by atoms with Crippen molar-refractivity contribution in [1.82, 2.24) is 9.80 Å². The van der Waals surface area contributed by atoms with Gasteiger partial charge in [-0.15, -0.1) is 0 Å².